The molecule has 4 nitrogen and oxygen atoms in total. The Morgan fingerprint density at radius 3 is 2.65 bits per heavy atom. The van der Waals surface area contributed by atoms with Crippen LogP contribution in [0.15, 0.2) is 12.4 Å². The first-order chi connectivity index (χ1) is 7.83. The normalized spacial score (nSPS) is 11.6. The van der Waals surface area contributed by atoms with E-state index in [0.29, 0.717) is 0 Å². The Hall–Kier alpha value is -1.44. The molecule has 0 spiro atoms. The van der Waals surface area contributed by atoms with Gasteiger partial charge < -0.3 is 5.32 Å². The lowest BCUT2D eigenvalue weighted by molar-refractivity contribution is -0.123. The largest absolute Gasteiger partial charge is 0.344 e. The first-order valence-electron chi connectivity index (χ1n) is 4.24. The monoisotopic (exact) mass is 271 g/mol. The Bertz CT molecular complexity index is 416. The van der Waals surface area contributed by atoms with Crippen molar-refractivity contribution < 1.29 is 22.4 Å². The van der Waals surface area contributed by atoms with Gasteiger partial charge in [0.15, 0.2) is 0 Å². The molecule has 1 rings (SSSR count). The molecule has 0 aliphatic rings. The van der Waals surface area contributed by atoms with Crippen LogP contribution in [-0.4, -0.2) is 34.8 Å². The van der Waals surface area contributed by atoms with E-state index in [1.54, 1.807) is 5.32 Å². The smallest absolute Gasteiger partial charge is 0.324 e. The van der Waals surface area contributed by atoms with E-state index >= 15 is 0 Å². The molecular weight excluding hydrogens is 266 g/mol. The molecule has 94 valence electrons. The van der Waals surface area contributed by atoms with Crippen molar-refractivity contribution in [3.8, 4) is 0 Å². The zero-order valence-electron chi connectivity index (χ0n) is 8.13. The molecule has 1 aromatic heterocycles. The van der Waals surface area contributed by atoms with Crippen molar-refractivity contribution in [2.75, 3.05) is 6.54 Å². The molecule has 0 saturated heterocycles. The number of nitrogens with zero attached hydrogens (tertiary/aromatic N) is 2. The average Bonchev–Trinajstić information content (AvgIpc) is 2.25. The molecule has 1 aromatic rings. The van der Waals surface area contributed by atoms with Crippen LogP contribution >= 0.6 is 11.6 Å². The van der Waals surface area contributed by atoms with Crippen molar-refractivity contribution in [2.24, 2.45) is 0 Å². The van der Waals surface area contributed by atoms with Gasteiger partial charge in [0.2, 0.25) is 0 Å². The summed E-state index contributed by atoms with van der Waals surface area (Å²) in [6.07, 6.45) is -1.75. The second kappa shape index (κ2) is 5.26. The van der Waals surface area contributed by atoms with Crippen molar-refractivity contribution in [2.45, 2.75) is 12.3 Å². The van der Waals surface area contributed by atoms with Gasteiger partial charge in [-0.1, -0.05) is 11.6 Å². The maximum atomic E-state index is 12.5. The highest BCUT2D eigenvalue weighted by molar-refractivity contribution is 6.29. The van der Waals surface area contributed by atoms with Gasteiger partial charge in [0, 0.05) is 0 Å². The highest BCUT2D eigenvalue weighted by atomic mass is 35.5. The van der Waals surface area contributed by atoms with Crippen LogP contribution in [0.5, 0.6) is 0 Å². The van der Waals surface area contributed by atoms with Crippen molar-refractivity contribution in [3.05, 3.63) is 23.2 Å². The van der Waals surface area contributed by atoms with Gasteiger partial charge in [0.1, 0.15) is 10.8 Å². The van der Waals surface area contributed by atoms with E-state index in [0.717, 1.165) is 12.4 Å². The number of halogens is 5. The molecule has 0 radical (unpaired) electrons. The summed E-state index contributed by atoms with van der Waals surface area (Å²) in [6, 6.07) is 0. The fraction of sp³-hybridized carbons (Fsp3) is 0.375. The molecule has 9 heteroatoms. The SMILES string of the molecule is O=C(NCC(F)(F)C(F)F)c1cncc(Cl)n1. The van der Waals surface area contributed by atoms with E-state index in [2.05, 4.69) is 9.97 Å². The molecule has 0 fully saturated rings. The van der Waals surface area contributed by atoms with E-state index in [9.17, 15) is 22.4 Å². The number of alkyl halides is 4. The maximum absolute atomic E-state index is 12.5. The number of amides is 1. The van der Waals surface area contributed by atoms with Gasteiger partial charge in [0.25, 0.3) is 5.91 Å². The summed E-state index contributed by atoms with van der Waals surface area (Å²) < 4.78 is 48.5. The van der Waals surface area contributed by atoms with Gasteiger partial charge in [-0.15, -0.1) is 0 Å². The lowest BCUT2D eigenvalue weighted by Gasteiger charge is -2.15. The predicted octanol–water partition coefficient (Wildman–Crippen LogP) is 1.76. The summed E-state index contributed by atoms with van der Waals surface area (Å²) in [5.74, 6) is -5.35. The molecule has 0 unspecified atom stereocenters. The summed E-state index contributed by atoms with van der Waals surface area (Å²) in [5, 5.41) is 1.50. The standard InChI is InChI=1S/C8H6ClF4N3O/c9-5-2-14-1-4(16-5)6(17)15-3-8(12,13)7(10)11/h1-2,7H,3H2,(H,15,17). The topological polar surface area (TPSA) is 54.9 Å². The minimum atomic E-state index is -4.29. The number of carbonyl (C=O) groups excluding carboxylic acids is 1. The molecule has 0 aromatic carbocycles. The van der Waals surface area contributed by atoms with Crippen LogP contribution in [0.25, 0.3) is 0 Å². The van der Waals surface area contributed by atoms with E-state index in [4.69, 9.17) is 11.6 Å². The Kier molecular flexibility index (Phi) is 4.22. The lowest BCUT2D eigenvalue weighted by Crippen LogP contribution is -2.41. The second-order valence-corrected chi connectivity index (χ2v) is 3.36. The summed E-state index contributed by atoms with van der Waals surface area (Å²) in [6.45, 7) is -1.49. The number of hydrogen-bond acceptors (Lipinski definition) is 3. The van der Waals surface area contributed by atoms with Crippen LogP contribution in [0.4, 0.5) is 17.6 Å². The fourth-order valence-electron chi connectivity index (χ4n) is 0.817. The second-order valence-electron chi connectivity index (χ2n) is 2.97. The van der Waals surface area contributed by atoms with Crippen LogP contribution in [0.2, 0.25) is 5.15 Å². The van der Waals surface area contributed by atoms with Crippen LogP contribution < -0.4 is 5.32 Å². The number of carbonyl (C=O) groups is 1. The molecule has 1 heterocycles. The van der Waals surface area contributed by atoms with Gasteiger partial charge >= 0.3 is 12.3 Å². The molecule has 0 atom stereocenters. The molecule has 0 saturated carbocycles. The third kappa shape index (κ3) is 3.81. The molecule has 1 amide bonds. The fourth-order valence-corrected chi connectivity index (χ4v) is 0.965. The number of hydrogen-bond donors (Lipinski definition) is 1. The van der Waals surface area contributed by atoms with E-state index in [1.165, 1.54) is 0 Å². The molecule has 1 N–H and O–H groups in total. The van der Waals surface area contributed by atoms with Crippen molar-refractivity contribution in [3.63, 3.8) is 0 Å². The average molecular weight is 272 g/mol. The van der Waals surface area contributed by atoms with Crippen molar-refractivity contribution in [1.29, 1.82) is 0 Å². The van der Waals surface area contributed by atoms with Gasteiger partial charge in [-0.2, -0.15) is 8.78 Å². The third-order valence-electron chi connectivity index (χ3n) is 1.64. The van der Waals surface area contributed by atoms with Gasteiger partial charge in [-0.3, -0.25) is 9.78 Å². The lowest BCUT2D eigenvalue weighted by atomic mass is 10.3. The molecule has 17 heavy (non-hydrogen) atoms. The van der Waals surface area contributed by atoms with Crippen LogP contribution in [0, 0.1) is 0 Å². The Morgan fingerprint density at radius 2 is 2.12 bits per heavy atom. The molecule has 0 bridgehead atoms. The molecule has 0 aliphatic carbocycles. The van der Waals surface area contributed by atoms with Crippen LogP contribution in [0.3, 0.4) is 0 Å². The molecular formula is C8H6ClF4N3O. The van der Waals surface area contributed by atoms with E-state index < -0.39 is 24.8 Å². The minimum Gasteiger partial charge on any atom is -0.344 e. The summed E-state index contributed by atoms with van der Waals surface area (Å²) in [4.78, 5) is 18.2. The quantitative estimate of drug-likeness (QED) is 0.849. The van der Waals surface area contributed by atoms with Crippen molar-refractivity contribution in [1.82, 2.24) is 15.3 Å². The Morgan fingerprint density at radius 1 is 1.47 bits per heavy atom. The Labute approximate surface area is 98.0 Å². The summed E-state index contributed by atoms with van der Waals surface area (Å²) >= 11 is 5.41. The first kappa shape index (κ1) is 13.6. The number of nitrogens with one attached hydrogen (secondary N) is 1. The van der Waals surface area contributed by atoms with Gasteiger partial charge in [-0.25, -0.2) is 13.8 Å². The molecule has 0 aliphatic heterocycles. The number of aromatic nitrogens is 2. The zero-order valence-corrected chi connectivity index (χ0v) is 8.89. The van der Waals surface area contributed by atoms with E-state index in [-0.39, 0.29) is 10.8 Å². The highest BCUT2D eigenvalue weighted by Crippen LogP contribution is 2.21. The summed E-state index contributed by atoms with van der Waals surface area (Å²) in [5.41, 5.74) is -0.331. The Balaban J connectivity index is 2.62. The highest BCUT2D eigenvalue weighted by Gasteiger charge is 2.40. The van der Waals surface area contributed by atoms with Gasteiger partial charge in [-0.05, 0) is 0 Å². The maximum Gasteiger partial charge on any atom is 0.324 e. The van der Waals surface area contributed by atoms with Gasteiger partial charge in [0.05, 0.1) is 18.9 Å². The summed E-state index contributed by atoms with van der Waals surface area (Å²) in [7, 11) is 0. The van der Waals surface area contributed by atoms with Crippen LogP contribution in [0.1, 0.15) is 10.5 Å². The third-order valence-corrected chi connectivity index (χ3v) is 1.82. The van der Waals surface area contributed by atoms with E-state index in [1.807, 2.05) is 0 Å². The number of rotatable bonds is 4. The minimum absolute atomic E-state index is 0.113. The van der Waals surface area contributed by atoms with Crippen molar-refractivity contribution >= 4 is 17.5 Å². The predicted molar refractivity (Wildman–Crippen MR) is 50.3 cm³/mol. The zero-order chi connectivity index (χ0) is 13.1. The van der Waals surface area contributed by atoms with Crippen LogP contribution in [-0.2, 0) is 0 Å². The first-order valence-corrected chi connectivity index (χ1v) is 4.62.